The number of phenolic OH excluding ortho intramolecular Hbond substituents is 1. The first-order chi connectivity index (χ1) is 36.3. The number of ether oxygens (including phenoxy) is 3. The van der Waals surface area contributed by atoms with Gasteiger partial charge in [-0.2, -0.15) is 0 Å². The smallest absolute Gasteiger partial charge is 0.256 e. The lowest BCUT2D eigenvalue weighted by Crippen LogP contribution is -2.55. The lowest BCUT2D eigenvalue weighted by molar-refractivity contribution is -0.143. The Bertz CT molecular complexity index is 3170. The Labute approximate surface area is 440 Å². The van der Waals surface area contributed by atoms with Gasteiger partial charge < -0.3 is 44.4 Å². The van der Waals surface area contributed by atoms with E-state index < -0.39 is 47.8 Å². The van der Waals surface area contributed by atoms with Crippen LogP contribution in [0.4, 0.5) is 9.52 Å². The quantitative estimate of drug-likeness (QED) is 0.0507. The maximum Gasteiger partial charge on any atom is 0.256 e. The number of benzene rings is 4. The second-order valence-electron chi connectivity index (χ2n) is 18.5. The number of carbonyl (C=O) groups excluding carboxylic acids is 5. The largest absolute Gasteiger partial charge is 0.508 e. The van der Waals surface area contributed by atoms with Gasteiger partial charge in [0.05, 0.1) is 47.6 Å². The zero-order valence-electron chi connectivity index (χ0n) is 41.3. The summed E-state index contributed by atoms with van der Waals surface area (Å²) in [4.78, 5) is 83.1. The summed E-state index contributed by atoms with van der Waals surface area (Å²) in [7, 11) is 0. The first kappa shape index (κ1) is 52.3. The Morgan fingerprint density at radius 2 is 1.69 bits per heavy atom. The molecule has 0 bridgehead atoms. The highest BCUT2D eigenvalue weighted by molar-refractivity contribution is 7.14. The van der Waals surface area contributed by atoms with Crippen molar-refractivity contribution >= 4 is 57.3 Å². The fraction of sp³-hybridized carbons (Fsp3) is 0.327. The number of thiazole rings is 2. The number of aliphatic hydroxyl groups excluding tert-OH is 1. The normalized spacial score (nSPS) is 16.6. The topological polar surface area (TPSA) is 213 Å². The molecule has 5 amide bonds. The minimum absolute atomic E-state index is 0.0109. The summed E-state index contributed by atoms with van der Waals surface area (Å²) in [5, 5.41) is 29.1. The van der Waals surface area contributed by atoms with Gasteiger partial charge in [-0.15, -0.1) is 22.7 Å². The van der Waals surface area contributed by atoms with E-state index in [9.17, 15) is 38.6 Å². The number of carbonyl (C=O) groups is 5. The highest BCUT2D eigenvalue weighted by Gasteiger charge is 2.46. The number of hydrogen-bond acceptors (Lipinski definition) is 14. The summed E-state index contributed by atoms with van der Waals surface area (Å²) < 4.78 is 32.3. The van der Waals surface area contributed by atoms with Crippen molar-refractivity contribution in [1.29, 1.82) is 0 Å². The monoisotopic (exact) mass is 1060 g/mol. The van der Waals surface area contributed by atoms with E-state index in [0.717, 1.165) is 39.9 Å². The molecule has 4 atom stereocenters. The molecule has 75 heavy (non-hydrogen) atoms. The molecular formula is C55H54FN7O10S2. The molecule has 2 aromatic heterocycles. The van der Waals surface area contributed by atoms with Crippen LogP contribution >= 0.6 is 22.7 Å². The van der Waals surface area contributed by atoms with E-state index in [2.05, 4.69) is 32.4 Å². The van der Waals surface area contributed by atoms with Gasteiger partial charge in [0, 0.05) is 66.4 Å². The number of likely N-dealkylation sites (tertiary alicyclic amines) is 1. The number of aromatic nitrogens is 2. The van der Waals surface area contributed by atoms with Gasteiger partial charge in [-0.1, -0.05) is 68.2 Å². The van der Waals surface area contributed by atoms with Crippen LogP contribution in [0.25, 0.3) is 10.4 Å². The number of fused-ring (bicyclic) bond motifs is 2. The van der Waals surface area contributed by atoms with Crippen LogP contribution in [-0.4, -0.2) is 122 Å². The van der Waals surface area contributed by atoms with Crippen LogP contribution in [0, 0.1) is 30.5 Å². The second-order valence-corrected chi connectivity index (χ2v) is 20.3. The SMILES string of the molecule is Cc1ncsc1-c1ccc(CNC(=O)[C@@H]2C[C@@H](O)CN2C(=O)[C@H](C(C)C)N2Cc3ccccc3C2=O)c(OCCOCCOCC#Cc2cccc3c2C(=O)N([C@@H](C(=O)Nc2nccs2)c2cc(F)ccc2O)C3)c1. The van der Waals surface area contributed by atoms with Gasteiger partial charge in [0.2, 0.25) is 11.8 Å². The number of halogens is 1. The maximum absolute atomic E-state index is 14.5. The van der Waals surface area contributed by atoms with Crippen molar-refractivity contribution in [1.82, 2.24) is 30.0 Å². The second kappa shape index (κ2) is 23.3. The number of rotatable bonds is 19. The molecule has 1 fully saturated rings. The van der Waals surface area contributed by atoms with Crippen LogP contribution in [0.3, 0.4) is 0 Å². The molecule has 0 aliphatic carbocycles. The van der Waals surface area contributed by atoms with Gasteiger partial charge in [0.1, 0.15) is 48.7 Å². The first-order valence-corrected chi connectivity index (χ1v) is 26.1. The third-order valence-electron chi connectivity index (χ3n) is 13.2. The van der Waals surface area contributed by atoms with Gasteiger partial charge in [0.15, 0.2) is 5.13 Å². The van der Waals surface area contributed by atoms with E-state index in [4.69, 9.17) is 14.2 Å². The number of aromatic hydroxyl groups is 1. The van der Waals surface area contributed by atoms with Gasteiger partial charge in [-0.25, -0.2) is 14.4 Å². The van der Waals surface area contributed by atoms with Crippen LogP contribution in [0.15, 0.2) is 96.0 Å². The molecule has 17 nitrogen and oxygen atoms in total. The molecule has 0 unspecified atom stereocenters. The number of amides is 5. The van der Waals surface area contributed by atoms with E-state index in [1.807, 2.05) is 51.1 Å². The Balaban J connectivity index is 0.777. The van der Waals surface area contributed by atoms with Gasteiger partial charge in [-0.3, -0.25) is 29.3 Å². The molecule has 4 aromatic carbocycles. The van der Waals surface area contributed by atoms with Crippen LogP contribution < -0.4 is 15.4 Å². The number of aryl methyl sites for hydroxylation is 1. The van der Waals surface area contributed by atoms with Crippen molar-refractivity contribution in [3.8, 4) is 33.8 Å². The standard InChI is InChI=1S/C55H54FN7O10S2/c1-32(2)47(62-28-37-8-4-5-12-41(37)52(62)68)54(70)61-30-40(64)26-43(61)50(66)58-27-36-14-13-35(49-33(3)59-31-75-49)24-45(36)73-22-21-72-20-19-71-18-7-11-34-9-6-10-38-29-63(53(69)46(34)38)48(42-25-39(56)15-16-44(42)65)51(67)60-55-57-17-23-74-55/h4-6,8-10,12-17,23-25,31-32,40,43,47-48,64-65H,18-22,26-30H2,1-3H3,(H,58,66)(H,57,60,67)/t40-,43+,47+,48-/m1/s1. The number of nitrogens with one attached hydrogen (secondary N) is 2. The van der Waals surface area contributed by atoms with Crippen molar-refractivity contribution in [2.45, 2.75) is 71.1 Å². The predicted molar refractivity (Wildman–Crippen MR) is 277 cm³/mol. The number of aliphatic hydroxyl groups is 1. The summed E-state index contributed by atoms with van der Waals surface area (Å²) in [5.41, 5.74) is 6.83. The molecule has 3 aliphatic heterocycles. The third kappa shape index (κ3) is 11.6. The van der Waals surface area contributed by atoms with Crippen LogP contribution in [-0.2, 0) is 43.5 Å². The Morgan fingerprint density at radius 3 is 2.47 bits per heavy atom. The summed E-state index contributed by atoms with van der Waals surface area (Å²) in [5.74, 6) is 2.94. The molecule has 5 heterocycles. The van der Waals surface area contributed by atoms with Crippen LogP contribution in [0.1, 0.15) is 80.5 Å². The zero-order valence-corrected chi connectivity index (χ0v) is 42.9. The average molecular weight is 1060 g/mol. The fourth-order valence-electron chi connectivity index (χ4n) is 9.65. The number of hydrogen-bond donors (Lipinski definition) is 4. The van der Waals surface area contributed by atoms with Crippen molar-refractivity contribution in [3.05, 3.63) is 146 Å². The molecule has 388 valence electrons. The van der Waals surface area contributed by atoms with E-state index in [-0.39, 0.29) is 99.8 Å². The molecular weight excluding hydrogens is 1000 g/mol. The molecule has 0 radical (unpaired) electrons. The van der Waals surface area contributed by atoms with Crippen molar-refractivity contribution in [2.24, 2.45) is 5.92 Å². The molecule has 4 N–H and O–H groups in total. The Morgan fingerprint density at radius 1 is 0.907 bits per heavy atom. The van der Waals surface area contributed by atoms with E-state index in [1.54, 1.807) is 46.1 Å². The minimum atomic E-state index is -1.38. The predicted octanol–water partition coefficient (Wildman–Crippen LogP) is 6.48. The molecule has 6 aromatic rings. The summed E-state index contributed by atoms with van der Waals surface area (Å²) in [6.45, 7) is 6.80. The lowest BCUT2D eigenvalue weighted by Gasteiger charge is -2.35. The third-order valence-corrected chi connectivity index (χ3v) is 14.9. The van der Waals surface area contributed by atoms with E-state index in [0.29, 0.717) is 33.6 Å². The molecule has 0 spiro atoms. The van der Waals surface area contributed by atoms with E-state index in [1.165, 1.54) is 38.7 Å². The van der Waals surface area contributed by atoms with Crippen LogP contribution in [0.5, 0.6) is 11.5 Å². The molecule has 1 saturated heterocycles. The highest BCUT2D eigenvalue weighted by atomic mass is 32.1. The van der Waals surface area contributed by atoms with Gasteiger partial charge in [0.25, 0.3) is 17.7 Å². The summed E-state index contributed by atoms with van der Waals surface area (Å²) in [6.07, 6.45) is 0.649. The average Bonchev–Trinajstić information content (AvgIpc) is 4.28. The highest BCUT2D eigenvalue weighted by Crippen LogP contribution is 2.38. The number of nitrogens with zero attached hydrogens (tertiary/aromatic N) is 5. The van der Waals surface area contributed by atoms with Crippen molar-refractivity contribution in [2.75, 3.05) is 44.9 Å². The Kier molecular flexibility index (Phi) is 16.3. The first-order valence-electron chi connectivity index (χ1n) is 24.3. The van der Waals surface area contributed by atoms with Crippen LogP contribution in [0.2, 0.25) is 0 Å². The number of β-amino-alcohol motifs (C(OH)–C–C–N with tert-alkyl or cyclic N) is 1. The van der Waals surface area contributed by atoms with Gasteiger partial charge in [-0.05, 0) is 65.9 Å². The summed E-state index contributed by atoms with van der Waals surface area (Å²) in [6, 6.07) is 18.2. The minimum Gasteiger partial charge on any atom is -0.508 e. The lowest BCUT2D eigenvalue weighted by atomic mass is 10.0. The maximum atomic E-state index is 14.5. The fourth-order valence-corrected chi connectivity index (χ4v) is 11.0. The number of anilines is 1. The zero-order chi connectivity index (χ0) is 52.8. The number of phenols is 1. The molecule has 9 rings (SSSR count). The van der Waals surface area contributed by atoms with Gasteiger partial charge >= 0.3 is 0 Å². The van der Waals surface area contributed by atoms with E-state index >= 15 is 0 Å². The van der Waals surface area contributed by atoms with Crippen molar-refractivity contribution in [3.63, 3.8) is 0 Å². The molecule has 0 saturated carbocycles. The Hall–Kier alpha value is -7.54. The summed E-state index contributed by atoms with van der Waals surface area (Å²) >= 11 is 2.67. The molecule has 20 heteroatoms. The molecule has 3 aliphatic rings. The van der Waals surface area contributed by atoms with Crippen molar-refractivity contribution < 1.29 is 52.8 Å².